The Labute approximate surface area is 183 Å². The molecule has 0 bridgehead atoms. The third-order valence-electron chi connectivity index (χ3n) is 5.01. The number of nitriles is 1. The van der Waals surface area contributed by atoms with Crippen LogP contribution in [0.2, 0.25) is 0 Å². The van der Waals surface area contributed by atoms with Gasteiger partial charge in [-0.15, -0.1) is 5.10 Å². The topological polar surface area (TPSA) is 76.9 Å². The molecular formula is C21H19BrN6S. The molecular weight excluding hydrogens is 448 g/mol. The third kappa shape index (κ3) is 4.63. The van der Waals surface area contributed by atoms with Gasteiger partial charge in [-0.1, -0.05) is 22.0 Å². The van der Waals surface area contributed by atoms with E-state index in [-0.39, 0.29) is 0 Å². The second kappa shape index (κ2) is 8.72. The zero-order chi connectivity index (χ0) is 20.2. The summed E-state index contributed by atoms with van der Waals surface area (Å²) < 4.78 is 1.04. The van der Waals surface area contributed by atoms with Crippen LogP contribution in [0.5, 0.6) is 0 Å². The summed E-state index contributed by atoms with van der Waals surface area (Å²) in [5.41, 5.74) is 1.50. The Morgan fingerprint density at radius 1 is 1.17 bits per heavy atom. The molecule has 146 valence electrons. The van der Waals surface area contributed by atoms with E-state index < -0.39 is 0 Å². The highest BCUT2D eigenvalue weighted by atomic mass is 79.9. The van der Waals surface area contributed by atoms with Crippen molar-refractivity contribution in [3.05, 3.63) is 58.7 Å². The van der Waals surface area contributed by atoms with E-state index in [1.807, 2.05) is 18.2 Å². The molecule has 2 N–H and O–H groups in total. The number of aromatic nitrogens is 2. The molecule has 0 spiro atoms. The minimum absolute atomic E-state index is 0.305. The number of hydrogen-bond acceptors (Lipinski definition) is 5. The second-order valence-corrected chi connectivity index (χ2v) is 8.27. The maximum atomic E-state index is 8.88. The summed E-state index contributed by atoms with van der Waals surface area (Å²) in [5, 5.41) is 26.8. The lowest BCUT2D eigenvalue weighted by Gasteiger charge is -2.34. The number of piperidine rings is 1. The standard InChI is InChI=1S/C21H19BrN6S/c22-16-4-3-15-13-24-27-20(19(15)11-16)28-9-7-18(8-10-28)26-21(29)25-17-5-1-14(12-23)2-6-17/h1-6,11,13,18H,7-10H2,(H2,25,26,29). The van der Waals surface area contributed by atoms with Gasteiger partial charge in [0.1, 0.15) is 0 Å². The number of halogens is 1. The third-order valence-corrected chi connectivity index (χ3v) is 5.72. The van der Waals surface area contributed by atoms with E-state index in [0.717, 1.165) is 52.7 Å². The van der Waals surface area contributed by atoms with Crippen LogP contribution in [0.1, 0.15) is 18.4 Å². The summed E-state index contributed by atoms with van der Waals surface area (Å²) in [6.45, 7) is 1.77. The van der Waals surface area contributed by atoms with E-state index in [2.05, 4.69) is 59.9 Å². The molecule has 0 radical (unpaired) electrons. The maximum Gasteiger partial charge on any atom is 0.170 e. The summed E-state index contributed by atoms with van der Waals surface area (Å²) in [7, 11) is 0. The van der Waals surface area contributed by atoms with Gasteiger partial charge < -0.3 is 15.5 Å². The van der Waals surface area contributed by atoms with E-state index in [4.69, 9.17) is 17.5 Å². The summed E-state index contributed by atoms with van der Waals surface area (Å²) >= 11 is 9.00. The molecule has 1 aliphatic rings. The SMILES string of the molecule is N#Cc1ccc(NC(=S)NC2CCN(c3nncc4ccc(Br)cc34)CC2)cc1. The molecule has 2 aromatic carbocycles. The molecule has 2 heterocycles. The van der Waals surface area contributed by atoms with Gasteiger partial charge in [-0.25, -0.2) is 0 Å². The number of rotatable bonds is 3. The quantitative estimate of drug-likeness (QED) is 0.559. The Balaban J connectivity index is 1.35. The van der Waals surface area contributed by atoms with Crippen molar-refractivity contribution in [1.29, 1.82) is 5.26 Å². The smallest absolute Gasteiger partial charge is 0.170 e. The van der Waals surface area contributed by atoms with Gasteiger partial charge in [0.15, 0.2) is 10.9 Å². The van der Waals surface area contributed by atoms with Gasteiger partial charge >= 0.3 is 0 Å². The molecule has 0 atom stereocenters. The highest BCUT2D eigenvalue weighted by molar-refractivity contribution is 9.10. The Morgan fingerprint density at radius 3 is 2.66 bits per heavy atom. The van der Waals surface area contributed by atoms with E-state index in [9.17, 15) is 0 Å². The fraction of sp³-hybridized carbons (Fsp3) is 0.238. The van der Waals surface area contributed by atoms with E-state index >= 15 is 0 Å². The summed E-state index contributed by atoms with van der Waals surface area (Å²) in [6.07, 6.45) is 3.72. The first-order chi connectivity index (χ1) is 14.1. The fourth-order valence-electron chi connectivity index (χ4n) is 3.48. The zero-order valence-corrected chi connectivity index (χ0v) is 18.0. The van der Waals surface area contributed by atoms with Crippen molar-refractivity contribution in [2.75, 3.05) is 23.3 Å². The number of fused-ring (bicyclic) bond motifs is 1. The predicted molar refractivity (Wildman–Crippen MR) is 123 cm³/mol. The first-order valence-corrected chi connectivity index (χ1v) is 10.6. The molecule has 1 aliphatic heterocycles. The second-order valence-electron chi connectivity index (χ2n) is 6.95. The van der Waals surface area contributed by atoms with Gasteiger partial charge in [0.2, 0.25) is 0 Å². The monoisotopic (exact) mass is 466 g/mol. The van der Waals surface area contributed by atoms with Gasteiger partial charge in [-0.2, -0.15) is 10.4 Å². The van der Waals surface area contributed by atoms with Crippen molar-refractivity contribution >= 4 is 55.5 Å². The molecule has 0 saturated carbocycles. The Bertz CT molecular complexity index is 1070. The molecule has 1 fully saturated rings. The molecule has 0 unspecified atom stereocenters. The number of anilines is 2. The summed E-state index contributed by atoms with van der Waals surface area (Å²) in [6, 6.07) is 15.8. The average Bonchev–Trinajstić information content (AvgIpc) is 2.74. The van der Waals surface area contributed by atoms with Crippen LogP contribution in [-0.2, 0) is 0 Å². The predicted octanol–water partition coefficient (Wildman–Crippen LogP) is 4.22. The molecule has 0 aliphatic carbocycles. The normalized spacial score (nSPS) is 14.4. The van der Waals surface area contributed by atoms with Crippen LogP contribution >= 0.6 is 28.1 Å². The first kappa shape index (κ1) is 19.6. The van der Waals surface area contributed by atoms with Crippen LogP contribution < -0.4 is 15.5 Å². The van der Waals surface area contributed by atoms with Crippen LogP contribution in [0, 0.1) is 11.3 Å². The lowest BCUT2D eigenvalue weighted by molar-refractivity contribution is 0.466. The lowest BCUT2D eigenvalue weighted by Crippen LogP contribution is -2.46. The van der Waals surface area contributed by atoms with Crippen LogP contribution in [0.25, 0.3) is 10.8 Å². The minimum atomic E-state index is 0.305. The minimum Gasteiger partial charge on any atom is -0.360 e. The number of nitrogens with zero attached hydrogens (tertiary/aromatic N) is 4. The summed E-state index contributed by atoms with van der Waals surface area (Å²) in [5.74, 6) is 0.931. The number of thiocarbonyl (C=S) groups is 1. The number of nitrogens with one attached hydrogen (secondary N) is 2. The molecule has 1 aromatic heterocycles. The van der Waals surface area contributed by atoms with Crippen LogP contribution in [0.15, 0.2) is 53.1 Å². The number of benzene rings is 2. The van der Waals surface area contributed by atoms with Crippen molar-refractivity contribution < 1.29 is 0 Å². The van der Waals surface area contributed by atoms with Crippen molar-refractivity contribution in [2.45, 2.75) is 18.9 Å². The Hall–Kier alpha value is -2.76. The molecule has 8 heteroatoms. The molecule has 3 aromatic rings. The molecule has 4 rings (SSSR count). The number of hydrogen-bond donors (Lipinski definition) is 2. The van der Waals surface area contributed by atoms with Gasteiger partial charge in [0.25, 0.3) is 0 Å². The first-order valence-electron chi connectivity index (χ1n) is 9.36. The molecule has 29 heavy (non-hydrogen) atoms. The van der Waals surface area contributed by atoms with Crippen molar-refractivity contribution in [3.8, 4) is 6.07 Å². The van der Waals surface area contributed by atoms with Crippen molar-refractivity contribution in [2.24, 2.45) is 0 Å². The zero-order valence-electron chi connectivity index (χ0n) is 15.6. The fourth-order valence-corrected chi connectivity index (χ4v) is 4.13. The maximum absolute atomic E-state index is 8.88. The van der Waals surface area contributed by atoms with Gasteiger partial charge in [0, 0.05) is 40.1 Å². The lowest BCUT2D eigenvalue weighted by atomic mass is 10.0. The Morgan fingerprint density at radius 2 is 1.93 bits per heavy atom. The van der Waals surface area contributed by atoms with Crippen molar-refractivity contribution in [1.82, 2.24) is 15.5 Å². The van der Waals surface area contributed by atoms with Crippen LogP contribution in [0.3, 0.4) is 0 Å². The average molecular weight is 467 g/mol. The van der Waals surface area contributed by atoms with Gasteiger partial charge in [0.05, 0.1) is 17.8 Å². The highest BCUT2D eigenvalue weighted by Gasteiger charge is 2.22. The molecule has 6 nitrogen and oxygen atoms in total. The van der Waals surface area contributed by atoms with Crippen molar-refractivity contribution in [3.63, 3.8) is 0 Å². The van der Waals surface area contributed by atoms with Crippen LogP contribution in [-0.4, -0.2) is 34.4 Å². The molecule has 1 saturated heterocycles. The molecule has 0 amide bonds. The van der Waals surface area contributed by atoms with E-state index in [1.54, 1.807) is 18.3 Å². The van der Waals surface area contributed by atoms with E-state index in [1.165, 1.54) is 0 Å². The Kier molecular flexibility index (Phi) is 5.88. The van der Waals surface area contributed by atoms with Gasteiger partial charge in [-0.3, -0.25) is 0 Å². The largest absolute Gasteiger partial charge is 0.360 e. The van der Waals surface area contributed by atoms with E-state index in [0.29, 0.717) is 16.7 Å². The summed E-state index contributed by atoms with van der Waals surface area (Å²) in [4.78, 5) is 2.29. The highest BCUT2D eigenvalue weighted by Crippen LogP contribution is 2.28. The van der Waals surface area contributed by atoms with Crippen LogP contribution in [0.4, 0.5) is 11.5 Å². The van der Waals surface area contributed by atoms with Gasteiger partial charge in [-0.05, 0) is 61.5 Å².